The molecule has 7 aromatic rings. The molecular formula is C25H14FN5O3. The molecule has 0 unspecified atom stereocenters. The highest BCUT2D eigenvalue weighted by Crippen LogP contribution is 2.39. The van der Waals surface area contributed by atoms with Crippen molar-refractivity contribution in [3.05, 3.63) is 82.9 Å². The lowest BCUT2D eigenvalue weighted by molar-refractivity contribution is 0.553. The van der Waals surface area contributed by atoms with Crippen molar-refractivity contribution in [2.75, 3.05) is 5.73 Å². The number of nitrogens with zero attached hydrogens (tertiary/aromatic N) is 4. The number of halogens is 1. The second-order valence-corrected chi connectivity index (χ2v) is 8.02. The molecule has 0 radical (unpaired) electrons. The van der Waals surface area contributed by atoms with Crippen LogP contribution in [0, 0.1) is 5.82 Å². The third-order valence-corrected chi connectivity index (χ3v) is 6.15. The van der Waals surface area contributed by atoms with Crippen LogP contribution in [0.3, 0.4) is 0 Å². The van der Waals surface area contributed by atoms with Crippen molar-refractivity contribution in [3.8, 4) is 0 Å². The van der Waals surface area contributed by atoms with Gasteiger partial charge in [0, 0.05) is 22.4 Å². The summed E-state index contributed by atoms with van der Waals surface area (Å²) in [6.07, 6.45) is 2.98. The first kappa shape index (κ1) is 18.8. The normalized spacial score (nSPS) is 12.0. The van der Waals surface area contributed by atoms with Crippen LogP contribution in [0.15, 0.2) is 74.6 Å². The maximum Gasteiger partial charge on any atom is 0.362 e. The number of rotatable bonds is 2. The van der Waals surface area contributed by atoms with Gasteiger partial charge in [0.2, 0.25) is 11.7 Å². The zero-order valence-electron chi connectivity index (χ0n) is 17.4. The molecule has 8 nitrogen and oxygen atoms in total. The van der Waals surface area contributed by atoms with Crippen LogP contribution >= 0.6 is 0 Å². The zero-order valence-corrected chi connectivity index (χ0v) is 17.4. The van der Waals surface area contributed by atoms with Crippen molar-refractivity contribution in [2.45, 2.75) is 6.54 Å². The molecule has 5 heterocycles. The van der Waals surface area contributed by atoms with Gasteiger partial charge in [-0.25, -0.2) is 24.1 Å². The molecule has 9 heteroatoms. The minimum Gasteiger partial charge on any atom is -0.463 e. The topological polar surface area (TPSA) is 113 Å². The Hall–Kier alpha value is -4.79. The number of pyridine rings is 1. The maximum absolute atomic E-state index is 15.1. The lowest BCUT2D eigenvalue weighted by atomic mass is 10.1. The fourth-order valence-electron chi connectivity index (χ4n) is 4.78. The van der Waals surface area contributed by atoms with Crippen LogP contribution in [0.4, 0.5) is 10.3 Å². The van der Waals surface area contributed by atoms with E-state index in [1.54, 1.807) is 22.9 Å². The molecule has 0 fully saturated rings. The summed E-state index contributed by atoms with van der Waals surface area (Å²) in [6.45, 7) is 0.134. The summed E-state index contributed by atoms with van der Waals surface area (Å²) in [7, 11) is 0. The average molecular weight is 451 g/mol. The minimum absolute atomic E-state index is 0.107. The van der Waals surface area contributed by atoms with E-state index in [4.69, 9.17) is 14.6 Å². The predicted octanol–water partition coefficient (Wildman–Crippen LogP) is 4.75. The molecule has 0 spiro atoms. The van der Waals surface area contributed by atoms with Crippen LogP contribution in [0.2, 0.25) is 0 Å². The molecule has 0 aliphatic rings. The van der Waals surface area contributed by atoms with E-state index in [2.05, 4.69) is 15.0 Å². The summed E-state index contributed by atoms with van der Waals surface area (Å²) in [5, 5.41) is 2.91. The van der Waals surface area contributed by atoms with E-state index < -0.39 is 11.4 Å². The summed E-state index contributed by atoms with van der Waals surface area (Å²) in [4.78, 5) is 26.2. The van der Waals surface area contributed by atoms with E-state index >= 15 is 4.39 Å². The van der Waals surface area contributed by atoms with Crippen LogP contribution in [-0.2, 0) is 6.54 Å². The average Bonchev–Trinajstić information content (AvgIpc) is 3.44. The van der Waals surface area contributed by atoms with Gasteiger partial charge in [-0.1, -0.05) is 18.2 Å². The molecule has 2 aromatic carbocycles. The minimum atomic E-state index is -0.594. The lowest BCUT2D eigenvalue weighted by Crippen LogP contribution is -2.11. The number of benzene rings is 2. The van der Waals surface area contributed by atoms with Crippen molar-refractivity contribution < 1.29 is 13.2 Å². The fraction of sp³-hybridized carbons (Fsp3) is 0.0400. The van der Waals surface area contributed by atoms with E-state index in [9.17, 15) is 4.79 Å². The number of nitrogens with two attached hydrogens (primary N) is 1. The SMILES string of the molecule is Nc1nc(Cn2c3cc(F)c4ccoc4c3c3c4cccnc4oc(=O)c32)c2ccccc2n1. The van der Waals surface area contributed by atoms with Crippen molar-refractivity contribution in [3.63, 3.8) is 0 Å². The maximum atomic E-state index is 15.1. The highest BCUT2D eigenvalue weighted by molar-refractivity contribution is 6.25. The van der Waals surface area contributed by atoms with Crippen molar-refractivity contribution in [2.24, 2.45) is 0 Å². The summed E-state index contributed by atoms with van der Waals surface area (Å²) < 4.78 is 28.1. The van der Waals surface area contributed by atoms with E-state index in [-0.39, 0.29) is 23.7 Å². The van der Waals surface area contributed by atoms with Gasteiger partial charge in [-0.05, 0) is 30.3 Å². The number of nitrogen functional groups attached to an aromatic ring is 1. The smallest absolute Gasteiger partial charge is 0.362 e. The highest BCUT2D eigenvalue weighted by Gasteiger charge is 2.24. The Kier molecular flexibility index (Phi) is 3.65. The van der Waals surface area contributed by atoms with Gasteiger partial charge >= 0.3 is 5.63 Å². The van der Waals surface area contributed by atoms with Gasteiger partial charge in [0.05, 0.1) is 40.3 Å². The second kappa shape index (κ2) is 6.61. The van der Waals surface area contributed by atoms with Gasteiger partial charge in [0.25, 0.3) is 0 Å². The largest absolute Gasteiger partial charge is 0.463 e. The van der Waals surface area contributed by atoms with Gasteiger partial charge in [-0.3, -0.25) is 0 Å². The fourth-order valence-corrected chi connectivity index (χ4v) is 4.78. The monoisotopic (exact) mass is 451 g/mol. The third kappa shape index (κ3) is 2.46. The standard InChI is InChI=1S/C25H14FN5O3/c26-15-10-18-20(22-12(15)7-9-33-22)19-14-5-3-8-28-23(14)34-24(32)21(19)31(18)11-17-13-4-1-2-6-16(13)29-25(27)30-17/h1-10H,11H2,(H2,27,29,30). The summed E-state index contributed by atoms with van der Waals surface area (Å²) in [6, 6.07) is 14.0. The molecule has 0 amide bonds. The number of para-hydroxylation sites is 1. The first-order valence-corrected chi connectivity index (χ1v) is 10.5. The molecule has 2 N–H and O–H groups in total. The Bertz CT molecular complexity index is 2000. The summed E-state index contributed by atoms with van der Waals surface area (Å²) >= 11 is 0. The Morgan fingerprint density at radius 3 is 2.76 bits per heavy atom. The summed E-state index contributed by atoms with van der Waals surface area (Å²) in [5.41, 5.74) is 7.92. The van der Waals surface area contributed by atoms with Gasteiger partial charge in [-0.15, -0.1) is 0 Å². The van der Waals surface area contributed by atoms with Crippen LogP contribution in [-0.4, -0.2) is 19.5 Å². The molecule has 0 saturated carbocycles. The molecule has 0 atom stereocenters. The highest BCUT2D eigenvalue weighted by atomic mass is 19.1. The van der Waals surface area contributed by atoms with Crippen LogP contribution in [0.25, 0.3) is 54.8 Å². The quantitative estimate of drug-likeness (QED) is 0.403. The van der Waals surface area contributed by atoms with Crippen molar-refractivity contribution in [1.29, 1.82) is 0 Å². The summed E-state index contributed by atoms with van der Waals surface area (Å²) in [5.74, 6) is -0.352. The number of furan rings is 1. The molecule has 164 valence electrons. The van der Waals surface area contributed by atoms with E-state index in [1.165, 1.54) is 12.3 Å². The molecule has 0 saturated heterocycles. The van der Waals surface area contributed by atoms with Gasteiger partial charge in [0.1, 0.15) is 16.9 Å². The Labute approximate surface area is 189 Å². The second-order valence-electron chi connectivity index (χ2n) is 8.02. The Morgan fingerprint density at radius 2 is 1.85 bits per heavy atom. The molecular weight excluding hydrogens is 437 g/mol. The van der Waals surface area contributed by atoms with E-state index in [0.717, 1.165) is 5.39 Å². The zero-order chi connectivity index (χ0) is 23.0. The third-order valence-electron chi connectivity index (χ3n) is 6.15. The van der Waals surface area contributed by atoms with Gasteiger partial charge < -0.3 is 19.1 Å². The number of hydrogen-bond donors (Lipinski definition) is 1. The lowest BCUT2D eigenvalue weighted by Gasteiger charge is -2.10. The molecule has 0 aliphatic carbocycles. The first-order chi connectivity index (χ1) is 16.6. The number of fused-ring (bicyclic) bond motifs is 8. The first-order valence-electron chi connectivity index (χ1n) is 10.5. The van der Waals surface area contributed by atoms with Gasteiger partial charge in [0.15, 0.2) is 0 Å². The van der Waals surface area contributed by atoms with Crippen molar-refractivity contribution >= 4 is 60.7 Å². The Balaban J connectivity index is 1.69. The van der Waals surface area contributed by atoms with Crippen LogP contribution in [0.5, 0.6) is 0 Å². The van der Waals surface area contributed by atoms with Crippen molar-refractivity contribution in [1.82, 2.24) is 19.5 Å². The number of anilines is 1. The van der Waals surface area contributed by atoms with Crippen LogP contribution < -0.4 is 11.4 Å². The molecule has 7 rings (SSSR count). The predicted molar refractivity (Wildman–Crippen MR) is 126 cm³/mol. The molecule has 34 heavy (non-hydrogen) atoms. The molecule has 0 bridgehead atoms. The van der Waals surface area contributed by atoms with E-state index in [1.807, 2.05) is 30.3 Å². The number of aromatic nitrogens is 4. The molecule has 5 aromatic heterocycles. The van der Waals surface area contributed by atoms with Gasteiger partial charge in [-0.2, -0.15) is 0 Å². The molecule has 0 aliphatic heterocycles. The van der Waals surface area contributed by atoms with E-state index in [0.29, 0.717) is 43.9 Å². The Morgan fingerprint density at radius 1 is 1.00 bits per heavy atom. The number of hydrogen-bond acceptors (Lipinski definition) is 7. The van der Waals surface area contributed by atoms with Crippen LogP contribution in [0.1, 0.15) is 5.69 Å².